The number of ether oxygens (including phenoxy) is 1. The fourth-order valence-electron chi connectivity index (χ4n) is 3.41. The number of pyridine rings is 1. The van der Waals surface area contributed by atoms with Gasteiger partial charge in [0.2, 0.25) is 5.56 Å². The van der Waals surface area contributed by atoms with Crippen molar-refractivity contribution in [3.63, 3.8) is 0 Å². The maximum Gasteiger partial charge on any atom is 0.254 e. The van der Waals surface area contributed by atoms with Gasteiger partial charge in [-0.2, -0.15) is 0 Å². The van der Waals surface area contributed by atoms with E-state index >= 15 is 0 Å². The normalized spacial score (nSPS) is 17.8. The summed E-state index contributed by atoms with van der Waals surface area (Å²) in [7, 11) is 0. The Morgan fingerprint density at radius 3 is 2.96 bits per heavy atom. The molecular weight excluding hydrogens is 335 g/mol. The second-order valence-corrected chi connectivity index (χ2v) is 7.31. The molecule has 3 rings (SSSR count). The van der Waals surface area contributed by atoms with Crippen LogP contribution in [0.3, 0.4) is 0 Å². The zero-order valence-electron chi connectivity index (χ0n) is 15.3. The molecule has 140 valence electrons. The number of H-pyrrole nitrogens is 1. The van der Waals surface area contributed by atoms with Crippen LogP contribution in [0.15, 0.2) is 29.1 Å². The number of amides is 1. The lowest BCUT2D eigenvalue weighted by atomic mass is 10.0. The van der Waals surface area contributed by atoms with Crippen LogP contribution in [0, 0.1) is 11.7 Å². The van der Waals surface area contributed by atoms with E-state index in [2.05, 4.69) is 18.8 Å². The van der Waals surface area contributed by atoms with Crippen molar-refractivity contribution in [2.75, 3.05) is 19.7 Å². The van der Waals surface area contributed by atoms with Gasteiger partial charge in [0.15, 0.2) is 0 Å². The molecule has 1 saturated heterocycles. The number of aromatic amines is 1. The summed E-state index contributed by atoms with van der Waals surface area (Å²) in [6.45, 7) is 5.83. The van der Waals surface area contributed by atoms with E-state index < -0.39 is 5.82 Å². The van der Waals surface area contributed by atoms with E-state index in [-0.39, 0.29) is 23.1 Å². The Balaban J connectivity index is 1.79. The van der Waals surface area contributed by atoms with E-state index in [1.807, 2.05) is 0 Å². The Kier molecular flexibility index (Phi) is 5.71. The molecule has 5 nitrogen and oxygen atoms in total. The molecule has 1 aliphatic rings. The van der Waals surface area contributed by atoms with Crippen molar-refractivity contribution < 1.29 is 13.9 Å². The Morgan fingerprint density at radius 1 is 1.38 bits per heavy atom. The van der Waals surface area contributed by atoms with Crippen LogP contribution in [-0.4, -0.2) is 41.6 Å². The highest BCUT2D eigenvalue weighted by Gasteiger charge is 2.26. The van der Waals surface area contributed by atoms with Gasteiger partial charge in [-0.15, -0.1) is 0 Å². The molecule has 0 saturated carbocycles. The summed E-state index contributed by atoms with van der Waals surface area (Å²) >= 11 is 0. The zero-order valence-corrected chi connectivity index (χ0v) is 15.3. The second-order valence-electron chi connectivity index (χ2n) is 7.31. The predicted molar refractivity (Wildman–Crippen MR) is 98.9 cm³/mol. The van der Waals surface area contributed by atoms with Gasteiger partial charge >= 0.3 is 0 Å². The molecule has 1 aliphatic heterocycles. The van der Waals surface area contributed by atoms with Gasteiger partial charge in [0.25, 0.3) is 5.91 Å². The van der Waals surface area contributed by atoms with E-state index in [1.54, 1.807) is 4.90 Å². The summed E-state index contributed by atoms with van der Waals surface area (Å²) in [4.78, 5) is 29.3. The Hall–Kier alpha value is -2.21. The largest absolute Gasteiger partial charge is 0.375 e. The summed E-state index contributed by atoms with van der Waals surface area (Å²) in [6.07, 6.45) is 3.11. The number of nitrogens with zero attached hydrogens (tertiary/aromatic N) is 1. The molecule has 1 fully saturated rings. The lowest BCUT2D eigenvalue weighted by Gasteiger charge is -2.33. The molecule has 0 aliphatic carbocycles. The van der Waals surface area contributed by atoms with Crippen molar-refractivity contribution in [3.05, 3.63) is 46.0 Å². The highest BCUT2D eigenvalue weighted by molar-refractivity contribution is 6.06. The van der Waals surface area contributed by atoms with E-state index in [9.17, 15) is 14.0 Å². The lowest BCUT2D eigenvalue weighted by molar-refractivity contribution is -0.0259. The van der Waals surface area contributed by atoms with Crippen molar-refractivity contribution >= 4 is 16.8 Å². The van der Waals surface area contributed by atoms with Crippen molar-refractivity contribution in [2.45, 2.75) is 39.2 Å². The standard InChI is InChI=1S/C20H25FN2O3/c1-13(2)4-3-5-15-12-23(8-9-26-15)20(25)17-11-19(24)22-18-7-6-14(21)10-16(17)18/h6-7,10-11,13,15H,3-5,8-9,12H2,1-2H3,(H,22,24)/t15-/m0/s1. The minimum atomic E-state index is -0.438. The number of aromatic nitrogens is 1. The average Bonchev–Trinajstić information content (AvgIpc) is 2.61. The molecule has 1 aromatic carbocycles. The highest BCUT2D eigenvalue weighted by Crippen LogP contribution is 2.21. The first kappa shape index (κ1) is 18.6. The van der Waals surface area contributed by atoms with E-state index in [0.717, 1.165) is 19.3 Å². The van der Waals surface area contributed by atoms with Crippen LogP contribution in [0.1, 0.15) is 43.5 Å². The van der Waals surface area contributed by atoms with E-state index in [0.29, 0.717) is 36.5 Å². The van der Waals surface area contributed by atoms with Crippen LogP contribution in [-0.2, 0) is 4.74 Å². The van der Waals surface area contributed by atoms with Gasteiger partial charge in [0, 0.05) is 30.1 Å². The molecule has 0 unspecified atom stereocenters. The first-order valence-corrected chi connectivity index (χ1v) is 9.17. The molecule has 0 bridgehead atoms. The van der Waals surface area contributed by atoms with E-state index in [4.69, 9.17) is 4.74 Å². The van der Waals surface area contributed by atoms with Gasteiger partial charge in [0.05, 0.1) is 18.3 Å². The molecule has 0 radical (unpaired) electrons. The minimum absolute atomic E-state index is 0.0106. The number of hydrogen-bond acceptors (Lipinski definition) is 3. The van der Waals surface area contributed by atoms with Crippen LogP contribution in [0.4, 0.5) is 4.39 Å². The van der Waals surface area contributed by atoms with Crippen molar-refractivity contribution in [1.29, 1.82) is 0 Å². The molecule has 2 heterocycles. The van der Waals surface area contributed by atoms with Gasteiger partial charge in [-0.1, -0.05) is 26.7 Å². The molecule has 1 amide bonds. The quantitative estimate of drug-likeness (QED) is 0.890. The molecule has 1 N–H and O–H groups in total. The summed E-state index contributed by atoms with van der Waals surface area (Å²) in [5.74, 6) is -0.0374. The van der Waals surface area contributed by atoms with Crippen LogP contribution in [0.5, 0.6) is 0 Å². The fourth-order valence-corrected chi connectivity index (χ4v) is 3.41. The topological polar surface area (TPSA) is 62.4 Å². The average molecular weight is 360 g/mol. The molecule has 0 spiro atoms. The third-order valence-corrected chi connectivity index (χ3v) is 4.77. The third-order valence-electron chi connectivity index (χ3n) is 4.77. The van der Waals surface area contributed by atoms with Crippen LogP contribution >= 0.6 is 0 Å². The van der Waals surface area contributed by atoms with Crippen LogP contribution in [0.25, 0.3) is 10.9 Å². The van der Waals surface area contributed by atoms with Crippen LogP contribution in [0.2, 0.25) is 0 Å². The number of carbonyl (C=O) groups excluding carboxylic acids is 1. The number of fused-ring (bicyclic) bond motifs is 1. The Morgan fingerprint density at radius 2 is 2.19 bits per heavy atom. The number of carbonyl (C=O) groups is 1. The van der Waals surface area contributed by atoms with Gasteiger partial charge in [-0.3, -0.25) is 9.59 Å². The Labute approximate surface area is 152 Å². The van der Waals surface area contributed by atoms with Crippen molar-refractivity contribution in [2.24, 2.45) is 5.92 Å². The van der Waals surface area contributed by atoms with Gasteiger partial charge in [-0.05, 0) is 30.5 Å². The highest BCUT2D eigenvalue weighted by atomic mass is 19.1. The number of hydrogen-bond donors (Lipinski definition) is 1. The zero-order chi connectivity index (χ0) is 18.7. The smallest absolute Gasteiger partial charge is 0.254 e. The number of rotatable bonds is 5. The first-order valence-electron chi connectivity index (χ1n) is 9.17. The fraction of sp³-hybridized carbons (Fsp3) is 0.500. The van der Waals surface area contributed by atoms with E-state index in [1.165, 1.54) is 24.3 Å². The summed E-state index contributed by atoms with van der Waals surface area (Å²) < 4.78 is 19.4. The van der Waals surface area contributed by atoms with Crippen molar-refractivity contribution in [1.82, 2.24) is 9.88 Å². The summed E-state index contributed by atoms with van der Waals surface area (Å²) in [6, 6.07) is 5.30. The minimum Gasteiger partial charge on any atom is -0.375 e. The number of nitrogens with one attached hydrogen (secondary N) is 1. The second kappa shape index (κ2) is 7.99. The SMILES string of the molecule is CC(C)CCC[C@H]1CN(C(=O)c2cc(=O)[nH]c3ccc(F)cc23)CCO1. The predicted octanol–water partition coefficient (Wildman–Crippen LogP) is 3.33. The van der Waals surface area contributed by atoms with Crippen LogP contribution < -0.4 is 5.56 Å². The maximum atomic E-state index is 13.7. The van der Waals surface area contributed by atoms with Gasteiger partial charge < -0.3 is 14.6 Å². The number of morpholine rings is 1. The summed E-state index contributed by atoms with van der Waals surface area (Å²) in [5.41, 5.74) is 0.337. The Bertz CT molecular complexity index is 847. The molecule has 1 atom stereocenters. The molecule has 1 aromatic heterocycles. The molecule has 6 heteroatoms. The number of benzene rings is 1. The van der Waals surface area contributed by atoms with Gasteiger partial charge in [0.1, 0.15) is 5.82 Å². The van der Waals surface area contributed by atoms with Gasteiger partial charge in [-0.25, -0.2) is 4.39 Å². The maximum absolute atomic E-state index is 13.7. The number of halogens is 1. The first-order chi connectivity index (χ1) is 12.4. The molecule has 2 aromatic rings. The third kappa shape index (κ3) is 4.30. The summed E-state index contributed by atoms with van der Waals surface area (Å²) in [5, 5.41) is 0.428. The molecular formula is C20H25FN2O3. The lowest BCUT2D eigenvalue weighted by Crippen LogP contribution is -2.45. The van der Waals surface area contributed by atoms with Crippen molar-refractivity contribution in [3.8, 4) is 0 Å². The monoisotopic (exact) mass is 360 g/mol. The molecule has 26 heavy (non-hydrogen) atoms.